The van der Waals surface area contributed by atoms with Gasteiger partial charge in [0.15, 0.2) is 12.6 Å². The van der Waals surface area contributed by atoms with E-state index >= 15 is 0 Å². The average molecular weight is 475 g/mol. The maximum Gasteiger partial charge on any atom is 0.412 e. The van der Waals surface area contributed by atoms with Gasteiger partial charge in [-0.1, -0.05) is 60.7 Å². The van der Waals surface area contributed by atoms with Crippen LogP contribution in [0.15, 0.2) is 60.7 Å². The number of hydrogen-bond acceptors (Lipinski definition) is 8. The predicted molar refractivity (Wildman–Crippen MR) is 120 cm³/mol. The molecule has 0 radical (unpaired) electrons. The van der Waals surface area contributed by atoms with Gasteiger partial charge >= 0.3 is 12.1 Å². The number of aliphatic hydroxyl groups is 1. The van der Waals surface area contributed by atoms with E-state index < -0.39 is 40.9 Å². The van der Waals surface area contributed by atoms with Crippen molar-refractivity contribution >= 4 is 29.7 Å². The zero-order valence-electron chi connectivity index (χ0n) is 18.3. The summed E-state index contributed by atoms with van der Waals surface area (Å²) in [6, 6.07) is 16.9. The molecule has 33 heavy (non-hydrogen) atoms. The van der Waals surface area contributed by atoms with Crippen molar-refractivity contribution < 1.29 is 33.8 Å². The molecule has 10 heteroatoms. The second-order valence-electron chi connectivity index (χ2n) is 7.71. The minimum absolute atomic E-state index is 0.0190. The highest BCUT2D eigenvalue weighted by Gasteiger charge is 2.53. The van der Waals surface area contributed by atoms with Gasteiger partial charge in [0.05, 0.1) is 4.87 Å². The van der Waals surface area contributed by atoms with E-state index in [1.807, 2.05) is 48.5 Å². The van der Waals surface area contributed by atoms with Gasteiger partial charge in [-0.3, -0.25) is 14.5 Å². The molecule has 1 heterocycles. The molecular formula is C23H26N2O7S. The van der Waals surface area contributed by atoms with Crippen molar-refractivity contribution in [2.75, 3.05) is 6.61 Å². The molecular weight excluding hydrogens is 448 g/mol. The number of ether oxygens (including phenoxy) is 2. The Kier molecular flexibility index (Phi) is 8.32. The molecule has 0 aliphatic carbocycles. The number of rotatable bonds is 8. The number of benzene rings is 2. The molecule has 0 bridgehead atoms. The van der Waals surface area contributed by atoms with Gasteiger partial charge in [0.25, 0.3) is 5.91 Å². The van der Waals surface area contributed by atoms with Crippen LogP contribution in [-0.4, -0.2) is 50.9 Å². The molecule has 2 aromatic rings. The third-order valence-corrected chi connectivity index (χ3v) is 6.09. The van der Waals surface area contributed by atoms with Gasteiger partial charge in [-0.25, -0.2) is 15.1 Å². The second kappa shape index (κ2) is 11.2. The zero-order valence-corrected chi connectivity index (χ0v) is 19.1. The maximum atomic E-state index is 12.8. The lowest BCUT2D eigenvalue weighted by atomic mass is 10.2. The van der Waals surface area contributed by atoms with E-state index in [1.165, 1.54) is 0 Å². The summed E-state index contributed by atoms with van der Waals surface area (Å²) in [6.07, 6.45) is -0.754. The van der Waals surface area contributed by atoms with Gasteiger partial charge in [0.2, 0.25) is 0 Å². The molecule has 1 aliphatic heterocycles. The maximum absolute atomic E-state index is 12.8. The molecule has 1 aliphatic rings. The summed E-state index contributed by atoms with van der Waals surface area (Å²) >= 11 is 1.04. The fourth-order valence-corrected chi connectivity index (χ4v) is 4.52. The van der Waals surface area contributed by atoms with E-state index in [2.05, 4.69) is 5.48 Å². The lowest BCUT2D eigenvalue weighted by Crippen LogP contribution is -2.54. The van der Waals surface area contributed by atoms with Gasteiger partial charge in [-0.05, 0) is 25.0 Å². The standard InChI is InChI=1S/C23H26N2O7S/c1-23(2)25(22(29)31-14-17-11-7-4-8-12-17)19(21(28)33-23)20(27)24-32-15-18(26)30-13-16-9-5-3-6-10-16/h3-12,19,21,28H,13-15H2,1-2H3,(H,24,27)/t19-,21+/m1/s1. The van der Waals surface area contributed by atoms with Crippen LogP contribution in [-0.2, 0) is 37.1 Å². The largest absolute Gasteiger partial charge is 0.459 e. The molecule has 2 amide bonds. The number of amides is 2. The molecule has 9 nitrogen and oxygen atoms in total. The summed E-state index contributed by atoms with van der Waals surface area (Å²) in [5, 5.41) is 10.4. The summed E-state index contributed by atoms with van der Waals surface area (Å²) in [4.78, 5) is 42.5. The van der Waals surface area contributed by atoms with Crippen LogP contribution in [0.2, 0.25) is 0 Å². The van der Waals surface area contributed by atoms with Crippen molar-refractivity contribution in [1.82, 2.24) is 10.4 Å². The number of carbonyl (C=O) groups is 3. The van der Waals surface area contributed by atoms with Crippen LogP contribution in [0.5, 0.6) is 0 Å². The van der Waals surface area contributed by atoms with Crippen LogP contribution < -0.4 is 5.48 Å². The van der Waals surface area contributed by atoms with Gasteiger partial charge < -0.3 is 14.6 Å². The van der Waals surface area contributed by atoms with Gasteiger partial charge in [0.1, 0.15) is 18.6 Å². The molecule has 2 aromatic carbocycles. The monoisotopic (exact) mass is 474 g/mol. The first kappa shape index (κ1) is 24.6. The van der Waals surface area contributed by atoms with Crippen molar-refractivity contribution in [2.24, 2.45) is 0 Å². The molecule has 1 saturated heterocycles. The SMILES string of the molecule is CC1(C)S[C@H](O)[C@@H](C(=O)NOCC(=O)OCc2ccccc2)N1C(=O)OCc1ccccc1. The van der Waals surface area contributed by atoms with E-state index in [1.54, 1.807) is 26.0 Å². The summed E-state index contributed by atoms with van der Waals surface area (Å²) in [6.45, 7) is 2.95. The number of carbonyl (C=O) groups excluding carboxylic acids is 3. The van der Waals surface area contributed by atoms with Crippen LogP contribution >= 0.6 is 11.8 Å². The fraction of sp³-hybridized carbons (Fsp3) is 0.348. The van der Waals surface area contributed by atoms with Crippen LogP contribution in [0.3, 0.4) is 0 Å². The van der Waals surface area contributed by atoms with Gasteiger partial charge in [0, 0.05) is 0 Å². The third kappa shape index (κ3) is 6.70. The topological polar surface area (TPSA) is 114 Å². The molecule has 176 valence electrons. The Morgan fingerprint density at radius 3 is 2.09 bits per heavy atom. The Bertz CT molecular complexity index is 956. The second-order valence-corrected chi connectivity index (χ2v) is 9.43. The highest BCUT2D eigenvalue weighted by atomic mass is 32.2. The first-order valence-electron chi connectivity index (χ1n) is 10.2. The van der Waals surface area contributed by atoms with Crippen molar-refractivity contribution in [3.8, 4) is 0 Å². The molecule has 0 saturated carbocycles. The molecule has 1 fully saturated rings. The van der Waals surface area contributed by atoms with E-state index in [0.29, 0.717) is 0 Å². The van der Waals surface area contributed by atoms with Crippen molar-refractivity contribution in [3.63, 3.8) is 0 Å². The first-order chi connectivity index (χ1) is 15.8. The highest BCUT2D eigenvalue weighted by molar-refractivity contribution is 8.01. The lowest BCUT2D eigenvalue weighted by molar-refractivity contribution is -0.157. The average Bonchev–Trinajstić information content (AvgIpc) is 3.05. The van der Waals surface area contributed by atoms with Gasteiger partial charge in [-0.2, -0.15) is 0 Å². The van der Waals surface area contributed by atoms with Crippen LogP contribution in [0.1, 0.15) is 25.0 Å². The molecule has 2 N–H and O–H groups in total. The number of aliphatic hydroxyl groups excluding tert-OH is 1. The Hall–Kier alpha value is -3.08. The fourth-order valence-electron chi connectivity index (χ4n) is 3.25. The number of hydroxylamine groups is 1. The van der Waals surface area contributed by atoms with Crippen LogP contribution in [0, 0.1) is 0 Å². The highest BCUT2D eigenvalue weighted by Crippen LogP contribution is 2.43. The summed E-state index contributed by atoms with van der Waals surface area (Å²) in [7, 11) is 0. The number of nitrogens with zero attached hydrogens (tertiary/aromatic N) is 1. The van der Waals surface area contributed by atoms with Crippen molar-refractivity contribution in [1.29, 1.82) is 0 Å². The zero-order chi connectivity index (χ0) is 23.8. The molecule has 2 atom stereocenters. The number of thioether (sulfide) groups is 1. The lowest BCUT2D eigenvalue weighted by Gasteiger charge is -2.32. The van der Waals surface area contributed by atoms with E-state index in [9.17, 15) is 19.5 Å². The number of hydrogen-bond donors (Lipinski definition) is 2. The van der Waals surface area contributed by atoms with Crippen LogP contribution in [0.25, 0.3) is 0 Å². The summed E-state index contributed by atoms with van der Waals surface area (Å²) < 4.78 is 10.4. The van der Waals surface area contributed by atoms with E-state index in [-0.39, 0.29) is 13.2 Å². The molecule has 0 spiro atoms. The number of esters is 1. The molecule has 0 unspecified atom stereocenters. The van der Waals surface area contributed by atoms with Crippen molar-refractivity contribution in [2.45, 2.75) is 43.4 Å². The molecule has 0 aromatic heterocycles. The Labute approximate surface area is 196 Å². The Balaban J connectivity index is 1.52. The molecule has 3 rings (SSSR count). The minimum atomic E-state index is -1.27. The van der Waals surface area contributed by atoms with Crippen LogP contribution in [0.4, 0.5) is 4.79 Å². The normalized spacial score (nSPS) is 19.1. The Morgan fingerprint density at radius 2 is 1.52 bits per heavy atom. The third-order valence-electron chi connectivity index (χ3n) is 4.81. The van der Waals surface area contributed by atoms with E-state index in [4.69, 9.17) is 14.3 Å². The Morgan fingerprint density at radius 1 is 0.970 bits per heavy atom. The van der Waals surface area contributed by atoms with E-state index in [0.717, 1.165) is 27.8 Å². The number of nitrogens with one attached hydrogen (secondary N) is 1. The summed E-state index contributed by atoms with van der Waals surface area (Å²) in [5.41, 5.74) is 2.51. The summed E-state index contributed by atoms with van der Waals surface area (Å²) in [5.74, 6) is -1.46. The quantitative estimate of drug-likeness (QED) is 0.443. The van der Waals surface area contributed by atoms with Crippen molar-refractivity contribution in [3.05, 3.63) is 71.8 Å². The van der Waals surface area contributed by atoms with Gasteiger partial charge in [-0.15, -0.1) is 11.8 Å². The predicted octanol–water partition coefficient (Wildman–Crippen LogP) is 2.59. The first-order valence-corrected chi connectivity index (χ1v) is 11.1. The minimum Gasteiger partial charge on any atom is -0.459 e. The smallest absolute Gasteiger partial charge is 0.412 e.